The van der Waals surface area contributed by atoms with Crippen LogP contribution in [0.2, 0.25) is 0 Å². The lowest BCUT2D eigenvalue weighted by molar-refractivity contribution is -0.135. The van der Waals surface area contributed by atoms with Crippen molar-refractivity contribution < 1.29 is 9.53 Å². The van der Waals surface area contributed by atoms with Gasteiger partial charge in [0.15, 0.2) is 0 Å². The van der Waals surface area contributed by atoms with Crippen LogP contribution in [-0.4, -0.2) is 42.1 Å². The first-order chi connectivity index (χ1) is 7.19. The van der Waals surface area contributed by atoms with Crippen LogP contribution in [0, 0.1) is 5.92 Å². The summed E-state index contributed by atoms with van der Waals surface area (Å²) in [4.78, 5) is 13.9. The van der Waals surface area contributed by atoms with Crippen LogP contribution in [0.5, 0.6) is 0 Å². The predicted molar refractivity (Wildman–Crippen MR) is 69.3 cm³/mol. The van der Waals surface area contributed by atoms with E-state index in [2.05, 4.69) is 0 Å². The number of carbonyl (C=O) groups excluding carboxylic acids is 1. The first kappa shape index (κ1) is 15.3. The van der Waals surface area contributed by atoms with E-state index in [1.54, 1.807) is 19.1 Å². The fraction of sp³-hybridized carbons (Fsp3) is 0.818. The first-order valence-electron chi connectivity index (χ1n) is 5.28. The fourth-order valence-electron chi connectivity index (χ4n) is 1.17. The number of nitrogens with two attached hydrogens (primary N) is 1. The normalized spacial score (nSPS) is 13.3. The minimum atomic E-state index is -0.433. The lowest BCUT2D eigenvalue weighted by atomic mass is 10.0. The van der Waals surface area contributed by atoms with E-state index in [0.717, 1.165) is 0 Å². The van der Waals surface area contributed by atoms with Gasteiger partial charge in [-0.1, -0.05) is 19.1 Å². The molecule has 0 fully saturated rings. The summed E-state index contributed by atoms with van der Waals surface area (Å²) in [6.07, 6.45) is 0.351. The molecule has 1 atom stereocenters. The Morgan fingerprint density at radius 3 is 2.44 bits per heavy atom. The fourth-order valence-corrected chi connectivity index (χ4v) is 1.25. The highest BCUT2D eigenvalue weighted by Gasteiger charge is 2.24. The number of rotatable bonds is 6. The first-order valence-corrected chi connectivity index (χ1v) is 5.69. The van der Waals surface area contributed by atoms with Crippen LogP contribution in [0.1, 0.15) is 27.2 Å². The number of methoxy groups -OCH3 is 1. The smallest absolute Gasteiger partial charge is 0.225 e. The maximum atomic E-state index is 11.8. The number of hydrogen-bond donors (Lipinski definition) is 1. The Morgan fingerprint density at radius 2 is 2.06 bits per heavy atom. The molecule has 0 aliphatic carbocycles. The molecule has 0 aromatic rings. The third-order valence-corrected chi connectivity index (χ3v) is 2.99. The molecule has 0 radical (unpaired) electrons. The zero-order valence-electron chi connectivity index (χ0n) is 10.7. The molecule has 0 heterocycles. The van der Waals surface area contributed by atoms with Crippen LogP contribution in [-0.2, 0) is 9.53 Å². The van der Waals surface area contributed by atoms with Crippen LogP contribution in [0.15, 0.2) is 0 Å². The second kappa shape index (κ2) is 6.15. The largest absolute Gasteiger partial charge is 0.393 e. The lowest BCUT2D eigenvalue weighted by Gasteiger charge is -2.27. The number of thiocarbonyl (C=S) groups is 1. The summed E-state index contributed by atoms with van der Waals surface area (Å²) in [5.41, 5.74) is 5.07. The Kier molecular flexibility index (Phi) is 5.89. The lowest BCUT2D eigenvalue weighted by Crippen LogP contribution is -2.39. The molecule has 0 aromatic heterocycles. The molecular formula is C11H22N2O2S. The highest BCUT2D eigenvalue weighted by atomic mass is 32.1. The Balaban J connectivity index is 4.25. The number of carbonyl (C=O) groups is 1. The number of amides is 1. The monoisotopic (exact) mass is 246 g/mol. The summed E-state index contributed by atoms with van der Waals surface area (Å²) in [6, 6.07) is 0. The van der Waals surface area contributed by atoms with Crippen molar-refractivity contribution in [2.45, 2.75) is 32.8 Å². The van der Waals surface area contributed by atoms with Crippen molar-refractivity contribution in [3.05, 3.63) is 0 Å². The molecular weight excluding hydrogens is 224 g/mol. The quantitative estimate of drug-likeness (QED) is 0.715. The molecule has 0 aromatic carbocycles. The molecule has 0 saturated heterocycles. The third-order valence-electron chi connectivity index (χ3n) is 2.59. The van der Waals surface area contributed by atoms with Gasteiger partial charge in [0.05, 0.1) is 17.0 Å². The molecule has 94 valence electrons. The van der Waals surface area contributed by atoms with E-state index in [4.69, 9.17) is 22.7 Å². The van der Waals surface area contributed by atoms with Crippen molar-refractivity contribution in [2.24, 2.45) is 11.7 Å². The molecule has 0 spiro atoms. The van der Waals surface area contributed by atoms with Gasteiger partial charge in [0.2, 0.25) is 5.91 Å². The summed E-state index contributed by atoms with van der Waals surface area (Å²) in [6.45, 7) is 6.23. The zero-order chi connectivity index (χ0) is 12.9. The number of nitrogens with zero attached hydrogens (tertiary/aromatic N) is 1. The van der Waals surface area contributed by atoms with Gasteiger partial charge in [-0.15, -0.1) is 0 Å². The molecule has 1 amide bonds. The molecule has 0 aliphatic rings. The molecule has 2 N–H and O–H groups in total. The molecule has 4 nitrogen and oxygen atoms in total. The SMILES string of the molecule is COC(C)(C)CC(=O)N(C)CC(C)C(N)=S. The van der Waals surface area contributed by atoms with Crippen molar-refractivity contribution in [3.8, 4) is 0 Å². The molecule has 0 saturated carbocycles. The average Bonchev–Trinajstić information content (AvgIpc) is 2.16. The van der Waals surface area contributed by atoms with Gasteiger partial charge in [-0.3, -0.25) is 4.79 Å². The van der Waals surface area contributed by atoms with E-state index >= 15 is 0 Å². The summed E-state index contributed by atoms with van der Waals surface area (Å²) in [5, 5.41) is 0. The van der Waals surface area contributed by atoms with Crippen molar-refractivity contribution in [3.63, 3.8) is 0 Å². The maximum Gasteiger partial charge on any atom is 0.225 e. The van der Waals surface area contributed by atoms with E-state index in [9.17, 15) is 4.79 Å². The maximum absolute atomic E-state index is 11.8. The highest BCUT2D eigenvalue weighted by molar-refractivity contribution is 7.80. The molecule has 16 heavy (non-hydrogen) atoms. The van der Waals surface area contributed by atoms with Gasteiger partial charge in [0.25, 0.3) is 0 Å². The van der Waals surface area contributed by atoms with Crippen molar-refractivity contribution in [1.29, 1.82) is 0 Å². The topological polar surface area (TPSA) is 55.6 Å². The van der Waals surface area contributed by atoms with Gasteiger partial charge < -0.3 is 15.4 Å². The molecule has 0 rings (SSSR count). The summed E-state index contributed by atoms with van der Waals surface area (Å²) in [7, 11) is 3.35. The van der Waals surface area contributed by atoms with Crippen LogP contribution >= 0.6 is 12.2 Å². The molecule has 5 heteroatoms. The van der Waals surface area contributed by atoms with Gasteiger partial charge in [-0.25, -0.2) is 0 Å². The average molecular weight is 246 g/mol. The molecule has 0 aliphatic heterocycles. The van der Waals surface area contributed by atoms with Gasteiger partial charge in [-0.05, 0) is 13.8 Å². The van der Waals surface area contributed by atoms with Crippen LogP contribution in [0.4, 0.5) is 0 Å². The van der Waals surface area contributed by atoms with Gasteiger partial charge in [0.1, 0.15) is 0 Å². The van der Waals surface area contributed by atoms with E-state index in [-0.39, 0.29) is 11.8 Å². The van der Waals surface area contributed by atoms with Crippen molar-refractivity contribution in [2.75, 3.05) is 20.7 Å². The summed E-state index contributed by atoms with van der Waals surface area (Å²) < 4.78 is 5.21. The second-order valence-electron chi connectivity index (χ2n) is 4.72. The Labute approximate surface area is 103 Å². The van der Waals surface area contributed by atoms with Crippen molar-refractivity contribution >= 4 is 23.1 Å². The molecule has 1 unspecified atom stereocenters. The molecule has 0 bridgehead atoms. The minimum absolute atomic E-state index is 0.0367. The van der Waals surface area contributed by atoms with Crippen molar-refractivity contribution in [1.82, 2.24) is 4.90 Å². The standard InChI is InChI=1S/C11H22N2O2S/c1-8(10(12)16)7-13(4)9(14)6-11(2,3)15-5/h8H,6-7H2,1-5H3,(H2,12,16). The number of hydrogen-bond acceptors (Lipinski definition) is 3. The predicted octanol–water partition coefficient (Wildman–Crippen LogP) is 1.18. The van der Waals surface area contributed by atoms with Crippen LogP contribution in [0.25, 0.3) is 0 Å². The second-order valence-corrected chi connectivity index (χ2v) is 5.19. The number of ether oxygens (including phenoxy) is 1. The van der Waals surface area contributed by atoms with Crippen LogP contribution in [0.3, 0.4) is 0 Å². The minimum Gasteiger partial charge on any atom is -0.393 e. The van der Waals surface area contributed by atoms with E-state index in [1.807, 2.05) is 20.8 Å². The Hall–Kier alpha value is -0.680. The highest BCUT2D eigenvalue weighted by Crippen LogP contribution is 2.14. The van der Waals surface area contributed by atoms with Crippen LogP contribution < -0.4 is 5.73 Å². The zero-order valence-corrected chi connectivity index (χ0v) is 11.6. The Morgan fingerprint density at radius 1 is 1.56 bits per heavy atom. The van der Waals surface area contributed by atoms with Gasteiger partial charge in [-0.2, -0.15) is 0 Å². The van der Waals surface area contributed by atoms with Gasteiger partial charge >= 0.3 is 0 Å². The third kappa shape index (κ3) is 5.42. The van der Waals surface area contributed by atoms with E-state index in [0.29, 0.717) is 18.0 Å². The van der Waals surface area contributed by atoms with E-state index in [1.165, 1.54) is 0 Å². The summed E-state index contributed by atoms with van der Waals surface area (Å²) >= 11 is 4.87. The van der Waals surface area contributed by atoms with E-state index < -0.39 is 5.60 Å². The van der Waals surface area contributed by atoms with Gasteiger partial charge in [0, 0.05) is 26.6 Å². The summed E-state index contributed by atoms with van der Waals surface area (Å²) in [5.74, 6) is 0.0737. The Bertz CT molecular complexity index is 267.